The van der Waals surface area contributed by atoms with Crippen LogP contribution < -0.4 is 21.7 Å². The van der Waals surface area contributed by atoms with Crippen LogP contribution in [-0.4, -0.2) is 71.6 Å². The maximum Gasteiger partial charge on any atom is 0.325 e. The van der Waals surface area contributed by atoms with Gasteiger partial charge >= 0.3 is 12.0 Å². The molecule has 12 heteroatoms. The summed E-state index contributed by atoms with van der Waals surface area (Å²) in [7, 11) is 0. The van der Waals surface area contributed by atoms with Crippen molar-refractivity contribution in [2.45, 2.75) is 135 Å². The van der Waals surface area contributed by atoms with Gasteiger partial charge in [0.25, 0.3) is 5.91 Å². The normalized spacial score (nSPS) is 22.0. The Labute approximate surface area is 309 Å². The Morgan fingerprint density at radius 2 is 1.48 bits per heavy atom. The number of carbonyl (C=O) groups is 6. The van der Waals surface area contributed by atoms with Gasteiger partial charge < -0.3 is 31.3 Å². The molecule has 4 fully saturated rings. The zero-order valence-electron chi connectivity index (χ0n) is 31.4. The van der Waals surface area contributed by atoms with E-state index in [1.165, 1.54) is 37.0 Å². The third-order valence-corrected chi connectivity index (χ3v) is 11.2. The number of esters is 1. The first-order valence-corrected chi connectivity index (χ1v) is 19.6. The zero-order valence-corrected chi connectivity index (χ0v) is 31.4. The predicted molar refractivity (Wildman–Crippen MR) is 197 cm³/mol. The molecule has 3 unspecified atom stereocenters. The van der Waals surface area contributed by atoms with Crippen LogP contribution in [0.15, 0.2) is 30.3 Å². The van der Waals surface area contributed by atoms with Gasteiger partial charge in [0.1, 0.15) is 25.2 Å². The minimum atomic E-state index is -1.10. The van der Waals surface area contributed by atoms with Crippen LogP contribution in [0.2, 0.25) is 0 Å². The minimum Gasteiger partial charge on any atom is -0.460 e. The second kappa shape index (κ2) is 20.3. The SMILES string of the molecule is CC(C)C1C[C@@H](C(=O)NC(CC2CC2)C(=O)C(N)=O)N(C(=O)C(NC(=O)NCC(=O)OCc2ccccc2)C2CCCCC2)C1.CC1CCCCC1. The topological polar surface area (TPSA) is 177 Å². The molecular weight excluding hydrogens is 662 g/mol. The summed E-state index contributed by atoms with van der Waals surface area (Å²) in [5, 5.41) is 8.06. The maximum absolute atomic E-state index is 14.2. The van der Waals surface area contributed by atoms with Crippen molar-refractivity contribution in [3.8, 4) is 0 Å². The number of hydrogen-bond acceptors (Lipinski definition) is 7. The average molecular weight is 724 g/mol. The summed E-state index contributed by atoms with van der Waals surface area (Å²) < 4.78 is 5.24. The number of nitrogens with one attached hydrogen (secondary N) is 3. The monoisotopic (exact) mass is 723 g/mol. The van der Waals surface area contributed by atoms with E-state index in [1.54, 1.807) is 0 Å². The number of hydrogen-bond donors (Lipinski definition) is 4. The number of rotatable bonds is 14. The van der Waals surface area contributed by atoms with Gasteiger partial charge in [-0.1, -0.05) is 115 Å². The summed E-state index contributed by atoms with van der Waals surface area (Å²) in [6.45, 7) is 6.45. The van der Waals surface area contributed by atoms with Gasteiger partial charge in [-0.15, -0.1) is 0 Å². The Kier molecular flexibility index (Phi) is 15.9. The standard InChI is InChI=1S/C33H47N5O7.C7H14/c1-20(2)24-16-26(31(42)36-25(15-21-13-14-21)29(40)30(34)41)38(18-24)32(43)28(23-11-7-4-8-12-23)37-33(44)35-17-27(39)45-19-22-9-5-3-6-10-22;1-7-5-3-2-4-6-7/h3,5-6,9-10,20-21,23-26,28H,4,7-8,11-19H2,1-2H3,(H2,34,41)(H,36,42)(H2,35,37,44);7H,2-6H2,1H3/t24?,25?,26-,28?;/m0./s1. The minimum absolute atomic E-state index is 0.0265. The van der Waals surface area contributed by atoms with Crippen molar-refractivity contribution in [1.29, 1.82) is 0 Å². The van der Waals surface area contributed by atoms with E-state index in [4.69, 9.17) is 10.5 Å². The number of carbonyl (C=O) groups excluding carboxylic acids is 6. The largest absolute Gasteiger partial charge is 0.460 e. The van der Waals surface area contributed by atoms with Crippen molar-refractivity contribution in [3.05, 3.63) is 35.9 Å². The number of ketones is 1. The maximum atomic E-state index is 14.2. The first kappa shape index (κ1) is 40.8. The molecule has 1 aliphatic heterocycles. The van der Waals surface area contributed by atoms with Crippen molar-refractivity contribution < 1.29 is 33.5 Å². The van der Waals surface area contributed by atoms with Gasteiger partial charge in [-0.3, -0.25) is 24.0 Å². The molecule has 12 nitrogen and oxygen atoms in total. The highest BCUT2D eigenvalue weighted by molar-refractivity contribution is 6.37. The van der Waals surface area contributed by atoms with E-state index in [9.17, 15) is 28.8 Å². The molecule has 1 aromatic rings. The number of benzene rings is 1. The fourth-order valence-corrected chi connectivity index (χ4v) is 7.67. The van der Waals surface area contributed by atoms with Gasteiger partial charge in [-0.25, -0.2) is 4.79 Å². The molecule has 5 rings (SSSR count). The van der Waals surface area contributed by atoms with Crippen LogP contribution in [0, 0.1) is 29.6 Å². The van der Waals surface area contributed by atoms with Crippen LogP contribution in [-0.2, 0) is 35.3 Å². The number of ether oxygens (including phenoxy) is 1. The van der Waals surface area contributed by atoms with Crippen LogP contribution in [0.5, 0.6) is 0 Å². The van der Waals surface area contributed by atoms with E-state index in [-0.39, 0.29) is 42.7 Å². The van der Waals surface area contributed by atoms with Crippen molar-refractivity contribution >= 4 is 35.5 Å². The Morgan fingerprint density at radius 1 is 0.846 bits per heavy atom. The summed E-state index contributed by atoms with van der Waals surface area (Å²) in [6.07, 6.45) is 14.4. The fraction of sp³-hybridized carbons (Fsp3) is 0.700. The number of primary amides is 1. The molecule has 1 heterocycles. The lowest BCUT2D eigenvalue weighted by Crippen LogP contribution is -2.59. The van der Waals surface area contributed by atoms with Crippen molar-refractivity contribution in [1.82, 2.24) is 20.9 Å². The number of urea groups is 1. The van der Waals surface area contributed by atoms with Crippen molar-refractivity contribution in [3.63, 3.8) is 0 Å². The molecule has 0 bridgehead atoms. The van der Waals surface area contributed by atoms with Crippen LogP contribution in [0.4, 0.5) is 4.79 Å². The highest BCUT2D eigenvalue weighted by Crippen LogP contribution is 2.35. The Balaban J connectivity index is 0.000000771. The first-order chi connectivity index (χ1) is 24.9. The van der Waals surface area contributed by atoms with Crippen LogP contribution in [0.3, 0.4) is 0 Å². The molecule has 0 radical (unpaired) electrons. The number of nitrogens with zero attached hydrogens (tertiary/aromatic N) is 1. The molecule has 5 amide bonds. The molecule has 1 saturated heterocycles. The molecule has 288 valence electrons. The first-order valence-electron chi connectivity index (χ1n) is 19.6. The predicted octanol–water partition coefficient (Wildman–Crippen LogP) is 4.78. The van der Waals surface area contributed by atoms with Gasteiger partial charge in [0, 0.05) is 6.54 Å². The number of Topliss-reactive ketones (excluding diaryl/α,β-unsaturated/α-hetero) is 1. The van der Waals surface area contributed by atoms with Gasteiger partial charge in [0.05, 0.1) is 6.04 Å². The Morgan fingerprint density at radius 3 is 2.04 bits per heavy atom. The third kappa shape index (κ3) is 12.9. The second-order valence-electron chi connectivity index (χ2n) is 15.8. The molecule has 4 atom stereocenters. The third-order valence-electron chi connectivity index (χ3n) is 11.2. The lowest BCUT2D eigenvalue weighted by atomic mass is 9.83. The van der Waals surface area contributed by atoms with Crippen molar-refractivity contribution in [2.75, 3.05) is 13.1 Å². The summed E-state index contributed by atoms with van der Waals surface area (Å²) in [5.74, 6) is -2.07. The lowest BCUT2D eigenvalue weighted by Gasteiger charge is -2.35. The molecule has 4 aliphatic rings. The summed E-state index contributed by atoms with van der Waals surface area (Å²) in [6, 6.07) is 5.71. The van der Waals surface area contributed by atoms with Crippen LogP contribution >= 0.6 is 0 Å². The molecule has 3 aliphatic carbocycles. The second-order valence-corrected chi connectivity index (χ2v) is 15.8. The van der Waals surface area contributed by atoms with Gasteiger partial charge in [-0.2, -0.15) is 0 Å². The van der Waals surface area contributed by atoms with Crippen molar-refractivity contribution in [2.24, 2.45) is 35.3 Å². The van der Waals surface area contributed by atoms with Crippen LogP contribution in [0.1, 0.15) is 116 Å². The molecular formula is C40H61N5O7. The lowest BCUT2D eigenvalue weighted by molar-refractivity contribution is -0.143. The Hall–Kier alpha value is -3.96. The average Bonchev–Trinajstić information content (AvgIpc) is 3.85. The molecule has 5 N–H and O–H groups in total. The van der Waals surface area contributed by atoms with E-state index >= 15 is 0 Å². The summed E-state index contributed by atoms with van der Waals surface area (Å²) in [4.78, 5) is 79.0. The number of amides is 5. The quantitative estimate of drug-likeness (QED) is 0.158. The Bertz CT molecular complexity index is 1360. The van der Waals surface area contributed by atoms with E-state index < -0.39 is 47.7 Å². The molecule has 0 spiro atoms. The summed E-state index contributed by atoms with van der Waals surface area (Å²) >= 11 is 0. The molecule has 3 saturated carbocycles. The summed E-state index contributed by atoms with van der Waals surface area (Å²) in [5.41, 5.74) is 6.09. The van der Waals surface area contributed by atoms with Crippen LogP contribution in [0.25, 0.3) is 0 Å². The van der Waals surface area contributed by atoms with Gasteiger partial charge in [-0.05, 0) is 60.8 Å². The number of likely N-dealkylation sites (tertiary alicyclic amines) is 1. The molecule has 1 aromatic carbocycles. The number of nitrogens with two attached hydrogens (primary N) is 1. The molecule has 0 aromatic heterocycles. The van der Waals surface area contributed by atoms with E-state index in [0.29, 0.717) is 19.4 Å². The fourth-order valence-electron chi connectivity index (χ4n) is 7.67. The smallest absolute Gasteiger partial charge is 0.325 e. The van der Waals surface area contributed by atoms with E-state index in [2.05, 4.69) is 22.9 Å². The van der Waals surface area contributed by atoms with Gasteiger partial charge in [0.2, 0.25) is 17.6 Å². The highest BCUT2D eigenvalue weighted by atomic mass is 16.5. The van der Waals surface area contributed by atoms with E-state index in [1.807, 2.05) is 44.2 Å². The zero-order chi connectivity index (χ0) is 37.6. The van der Waals surface area contributed by atoms with Gasteiger partial charge in [0.15, 0.2) is 0 Å². The van der Waals surface area contributed by atoms with E-state index in [0.717, 1.165) is 56.4 Å². The molecule has 52 heavy (non-hydrogen) atoms. The highest BCUT2D eigenvalue weighted by Gasteiger charge is 2.45.